The summed E-state index contributed by atoms with van der Waals surface area (Å²) in [6.45, 7) is 2.57. The van der Waals surface area contributed by atoms with Crippen LogP contribution in [0.3, 0.4) is 0 Å². The molecule has 2 atom stereocenters. The topological polar surface area (TPSA) is 38.3 Å². The highest BCUT2D eigenvalue weighted by Gasteiger charge is 2.50. The van der Waals surface area contributed by atoms with Crippen molar-refractivity contribution in [2.24, 2.45) is 11.3 Å². The summed E-state index contributed by atoms with van der Waals surface area (Å²) in [5.41, 5.74) is -1.05. The van der Waals surface area contributed by atoms with Crippen molar-refractivity contribution in [2.45, 2.75) is 26.2 Å². The highest BCUT2D eigenvalue weighted by Crippen LogP contribution is 2.40. The molecule has 0 amide bonds. The van der Waals surface area contributed by atoms with E-state index in [0.29, 0.717) is 19.4 Å². The second-order valence-electron chi connectivity index (χ2n) is 3.91. The second-order valence-corrected chi connectivity index (χ2v) is 3.91. The molecule has 1 saturated heterocycles. The largest absolute Gasteiger partial charge is 0.469 e. The molecular weight excluding hydrogens is 240 g/mol. The minimum Gasteiger partial charge on any atom is -0.469 e. The van der Waals surface area contributed by atoms with Gasteiger partial charge in [0.1, 0.15) is 0 Å². The summed E-state index contributed by atoms with van der Waals surface area (Å²) in [4.78, 5) is 11.6. The lowest BCUT2D eigenvalue weighted by Gasteiger charge is -2.40. The lowest BCUT2D eigenvalue weighted by atomic mass is 9.69. The number of carbonyl (C=O) groups excluding carboxylic acids is 1. The van der Waals surface area contributed by atoms with Gasteiger partial charge < -0.3 is 10.1 Å². The summed E-state index contributed by atoms with van der Waals surface area (Å²) < 4.78 is 30.4. The van der Waals surface area contributed by atoms with Crippen LogP contribution in [-0.4, -0.2) is 32.6 Å². The number of hydrogen-bond donors (Lipinski definition) is 1. The van der Waals surface area contributed by atoms with E-state index in [1.165, 1.54) is 7.11 Å². The molecule has 1 N–H and O–H groups in total. The van der Waals surface area contributed by atoms with Crippen LogP contribution in [-0.2, 0) is 9.53 Å². The predicted molar refractivity (Wildman–Crippen MR) is 59.0 cm³/mol. The fraction of sp³-hybridized carbons (Fsp3) is 0.900. The number of esters is 1. The highest BCUT2D eigenvalue weighted by atomic mass is 35.5. The number of ether oxygens (including phenoxy) is 1. The normalized spacial score (nSPS) is 29.7. The van der Waals surface area contributed by atoms with E-state index in [1.807, 2.05) is 0 Å². The fourth-order valence-electron chi connectivity index (χ4n) is 2.30. The molecule has 0 aromatic carbocycles. The molecule has 1 aliphatic heterocycles. The van der Waals surface area contributed by atoms with Crippen LogP contribution >= 0.6 is 12.4 Å². The van der Waals surface area contributed by atoms with E-state index in [9.17, 15) is 13.6 Å². The lowest BCUT2D eigenvalue weighted by Crippen LogP contribution is -2.53. The van der Waals surface area contributed by atoms with Gasteiger partial charge in [-0.3, -0.25) is 4.79 Å². The van der Waals surface area contributed by atoms with Gasteiger partial charge in [0.25, 0.3) is 0 Å². The first-order valence-electron chi connectivity index (χ1n) is 5.15. The van der Waals surface area contributed by atoms with E-state index in [-0.39, 0.29) is 19.0 Å². The van der Waals surface area contributed by atoms with Crippen LogP contribution in [0.4, 0.5) is 8.78 Å². The van der Waals surface area contributed by atoms with Crippen molar-refractivity contribution < 1.29 is 18.3 Å². The Morgan fingerprint density at radius 1 is 1.62 bits per heavy atom. The number of methoxy groups -OCH3 is 1. The number of piperidine rings is 1. The van der Waals surface area contributed by atoms with Crippen molar-refractivity contribution in [1.82, 2.24) is 5.32 Å². The predicted octanol–water partition coefficient (Wildman–Crippen LogP) is 1.85. The Labute approximate surface area is 100 Å². The Morgan fingerprint density at radius 2 is 2.25 bits per heavy atom. The Morgan fingerprint density at radius 3 is 2.69 bits per heavy atom. The average molecular weight is 258 g/mol. The smallest absolute Gasteiger partial charge is 0.313 e. The molecule has 0 aromatic heterocycles. The average Bonchev–Trinajstić information content (AvgIpc) is 2.27. The molecule has 1 heterocycles. The molecule has 0 saturated carbocycles. The van der Waals surface area contributed by atoms with Gasteiger partial charge in [0.15, 0.2) is 0 Å². The Balaban J connectivity index is 0.00000225. The van der Waals surface area contributed by atoms with Crippen molar-refractivity contribution >= 4 is 18.4 Å². The summed E-state index contributed by atoms with van der Waals surface area (Å²) >= 11 is 0. The van der Waals surface area contributed by atoms with Crippen LogP contribution in [0.1, 0.15) is 19.8 Å². The van der Waals surface area contributed by atoms with Gasteiger partial charge >= 0.3 is 5.97 Å². The molecule has 0 radical (unpaired) electrons. The quantitative estimate of drug-likeness (QED) is 0.785. The zero-order valence-electron chi connectivity index (χ0n) is 9.46. The van der Waals surface area contributed by atoms with E-state index in [2.05, 4.69) is 10.1 Å². The van der Waals surface area contributed by atoms with Gasteiger partial charge in [0.05, 0.1) is 12.5 Å². The zero-order chi connectivity index (χ0) is 11.5. The molecule has 1 fully saturated rings. The van der Waals surface area contributed by atoms with Crippen LogP contribution in [0.15, 0.2) is 0 Å². The minimum absolute atomic E-state index is 0. The molecule has 0 bridgehead atoms. The summed E-state index contributed by atoms with van der Waals surface area (Å²) in [6.07, 6.45) is -1.77. The van der Waals surface area contributed by atoms with Gasteiger partial charge in [-0.2, -0.15) is 0 Å². The summed E-state index contributed by atoms with van der Waals surface area (Å²) in [5.74, 6) is -1.42. The molecular formula is C10H18ClF2NO2. The van der Waals surface area contributed by atoms with E-state index in [0.717, 1.165) is 0 Å². The monoisotopic (exact) mass is 257 g/mol. The van der Waals surface area contributed by atoms with Crippen LogP contribution in [0.5, 0.6) is 0 Å². The van der Waals surface area contributed by atoms with Gasteiger partial charge in [-0.15, -0.1) is 12.4 Å². The Hall–Kier alpha value is -0.420. The minimum atomic E-state index is -2.47. The molecule has 16 heavy (non-hydrogen) atoms. The molecule has 0 aliphatic carbocycles. The van der Waals surface area contributed by atoms with Crippen LogP contribution < -0.4 is 5.32 Å². The maximum absolute atomic E-state index is 12.9. The Kier molecular flexibility index (Phi) is 6.18. The van der Waals surface area contributed by atoms with Crippen molar-refractivity contribution in [3.63, 3.8) is 0 Å². The number of carbonyl (C=O) groups is 1. The molecule has 1 aliphatic rings. The molecule has 0 aromatic rings. The third-order valence-corrected chi connectivity index (χ3v) is 3.31. The number of alkyl halides is 2. The van der Waals surface area contributed by atoms with Gasteiger partial charge in [0, 0.05) is 12.5 Å². The Bertz CT molecular complexity index is 241. The number of nitrogens with one attached hydrogen (secondary N) is 1. The van der Waals surface area contributed by atoms with Crippen molar-refractivity contribution in [1.29, 1.82) is 0 Å². The summed E-state index contributed by atoms with van der Waals surface area (Å²) in [5, 5.41) is 2.99. The highest BCUT2D eigenvalue weighted by molar-refractivity contribution is 5.85. The van der Waals surface area contributed by atoms with Crippen LogP contribution in [0, 0.1) is 11.3 Å². The maximum atomic E-state index is 12.9. The first kappa shape index (κ1) is 15.6. The third kappa shape index (κ3) is 2.63. The van der Waals surface area contributed by atoms with Crippen molar-refractivity contribution in [3.05, 3.63) is 0 Å². The van der Waals surface area contributed by atoms with Crippen molar-refractivity contribution in [3.8, 4) is 0 Å². The van der Waals surface area contributed by atoms with Gasteiger partial charge in [-0.25, -0.2) is 8.78 Å². The lowest BCUT2D eigenvalue weighted by molar-refractivity contribution is -0.164. The summed E-state index contributed by atoms with van der Waals surface area (Å²) in [6, 6.07) is 0. The molecule has 3 nitrogen and oxygen atoms in total. The fourth-order valence-corrected chi connectivity index (χ4v) is 2.30. The standard InChI is InChI=1S/C10H17F2NO2.ClH/c1-3-10(9(14)15-2)6-13-5-4-7(10)8(11)12;/h7-8,13H,3-6H2,1-2H3;1H/t7?,10-;/m1./s1. The molecule has 96 valence electrons. The maximum Gasteiger partial charge on any atom is 0.313 e. The number of halogens is 3. The number of hydrogen-bond acceptors (Lipinski definition) is 3. The second kappa shape index (κ2) is 6.35. The molecule has 6 heteroatoms. The molecule has 1 unspecified atom stereocenters. The third-order valence-electron chi connectivity index (χ3n) is 3.31. The first-order valence-corrected chi connectivity index (χ1v) is 5.15. The number of rotatable bonds is 3. The SMILES string of the molecule is CC[C@@]1(C(=O)OC)CNCCC1C(F)F.Cl. The summed E-state index contributed by atoms with van der Waals surface area (Å²) in [7, 11) is 1.25. The first-order chi connectivity index (χ1) is 7.08. The van der Waals surface area contributed by atoms with Gasteiger partial charge in [0.2, 0.25) is 6.43 Å². The van der Waals surface area contributed by atoms with E-state index in [1.54, 1.807) is 6.92 Å². The van der Waals surface area contributed by atoms with Crippen LogP contribution in [0.2, 0.25) is 0 Å². The van der Waals surface area contributed by atoms with E-state index < -0.39 is 23.7 Å². The van der Waals surface area contributed by atoms with Gasteiger partial charge in [-0.05, 0) is 19.4 Å². The van der Waals surface area contributed by atoms with E-state index in [4.69, 9.17) is 0 Å². The van der Waals surface area contributed by atoms with Gasteiger partial charge in [-0.1, -0.05) is 6.92 Å². The molecule has 0 spiro atoms. The van der Waals surface area contributed by atoms with Crippen LogP contribution in [0.25, 0.3) is 0 Å². The van der Waals surface area contributed by atoms with E-state index >= 15 is 0 Å². The molecule has 1 rings (SSSR count). The van der Waals surface area contributed by atoms with Crippen molar-refractivity contribution in [2.75, 3.05) is 20.2 Å². The zero-order valence-corrected chi connectivity index (χ0v) is 10.3.